The standard InChI is InChI=1S/C7H6BrNOS/c8-2-6(10)7-1-5(3-9)4-11-7/h1,4,6,10H,2H2. The Bertz CT molecular complexity index is 278. The number of hydrogen-bond donors (Lipinski definition) is 1. The average Bonchev–Trinajstić information content (AvgIpc) is 2.50. The summed E-state index contributed by atoms with van der Waals surface area (Å²) in [6.07, 6.45) is -0.484. The van der Waals surface area contributed by atoms with Crippen LogP contribution in [-0.4, -0.2) is 10.4 Å². The minimum Gasteiger partial charge on any atom is -0.387 e. The van der Waals surface area contributed by atoms with Crippen molar-refractivity contribution < 1.29 is 5.11 Å². The van der Waals surface area contributed by atoms with Gasteiger partial charge in [0.15, 0.2) is 0 Å². The maximum atomic E-state index is 9.29. The molecule has 11 heavy (non-hydrogen) atoms. The summed E-state index contributed by atoms with van der Waals surface area (Å²) in [6, 6.07) is 3.72. The summed E-state index contributed by atoms with van der Waals surface area (Å²) in [4.78, 5) is 0.832. The van der Waals surface area contributed by atoms with Gasteiger partial charge in [0.25, 0.3) is 0 Å². The number of aliphatic hydroxyl groups excluding tert-OH is 1. The van der Waals surface area contributed by atoms with Crippen LogP contribution in [0.15, 0.2) is 11.4 Å². The first-order valence-electron chi connectivity index (χ1n) is 3.00. The topological polar surface area (TPSA) is 44.0 Å². The fourth-order valence-electron chi connectivity index (χ4n) is 0.662. The molecule has 0 aromatic carbocycles. The molecule has 0 saturated carbocycles. The number of nitrogens with zero attached hydrogens (tertiary/aromatic N) is 1. The summed E-state index contributed by atoms with van der Waals surface area (Å²) in [5.74, 6) is 0. The quantitative estimate of drug-likeness (QED) is 0.793. The third-order valence-electron chi connectivity index (χ3n) is 1.22. The van der Waals surface area contributed by atoms with Gasteiger partial charge in [-0.05, 0) is 6.07 Å². The molecule has 0 aliphatic carbocycles. The monoisotopic (exact) mass is 231 g/mol. The lowest BCUT2D eigenvalue weighted by atomic mass is 10.3. The Morgan fingerprint density at radius 1 is 1.82 bits per heavy atom. The molecule has 2 nitrogen and oxygen atoms in total. The largest absolute Gasteiger partial charge is 0.387 e. The molecule has 1 aromatic heterocycles. The van der Waals surface area contributed by atoms with Gasteiger partial charge in [-0.15, -0.1) is 11.3 Å². The van der Waals surface area contributed by atoms with Gasteiger partial charge in [-0.3, -0.25) is 0 Å². The Kier molecular flexibility index (Phi) is 3.06. The van der Waals surface area contributed by atoms with E-state index in [1.807, 2.05) is 6.07 Å². The SMILES string of the molecule is N#Cc1csc(C(O)CBr)c1. The van der Waals surface area contributed by atoms with Crippen LogP contribution < -0.4 is 0 Å². The molecule has 1 rings (SSSR count). The number of rotatable bonds is 2. The first-order valence-corrected chi connectivity index (χ1v) is 5.00. The van der Waals surface area contributed by atoms with Crippen LogP contribution in [0.2, 0.25) is 0 Å². The zero-order valence-corrected chi connectivity index (χ0v) is 8.02. The van der Waals surface area contributed by atoms with Gasteiger partial charge in [-0.25, -0.2) is 0 Å². The predicted octanol–water partition coefficient (Wildman–Crippen LogP) is 2.05. The van der Waals surface area contributed by atoms with E-state index in [4.69, 9.17) is 5.26 Å². The van der Waals surface area contributed by atoms with E-state index in [2.05, 4.69) is 15.9 Å². The molecule has 1 atom stereocenters. The molecule has 4 heteroatoms. The van der Waals surface area contributed by atoms with Crippen molar-refractivity contribution in [3.05, 3.63) is 21.9 Å². The van der Waals surface area contributed by atoms with Crippen molar-refractivity contribution in [1.82, 2.24) is 0 Å². The van der Waals surface area contributed by atoms with E-state index in [0.29, 0.717) is 10.9 Å². The van der Waals surface area contributed by atoms with Crippen LogP contribution >= 0.6 is 27.3 Å². The van der Waals surface area contributed by atoms with E-state index >= 15 is 0 Å². The van der Waals surface area contributed by atoms with Crippen LogP contribution in [0, 0.1) is 11.3 Å². The third-order valence-corrected chi connectivity index (χ3v) is 2.87. The summed E-state index contributed by atoms with van der Waals surface area (Å²) in [5.41, 5.74) is 0.616. The van der Waals surface area contributed by atoms with Crippen molar-refractivity contribution in [3.63, 3.8) is 0 Å². The minimum atomic E-state index is -0.484. The summed E-state index contributed by atoms with van der Waals surface area (Å²) in [7, 11) is 0. The molecule has 0 bridgehead atoms. The Morgan fingerprint density at radius 3 is 3.00 bits per heavy atom. The zero-order valence-electron chi connectivity index (χ0n) is 5.62. The molecule has 1 heterocycles. The number of alkyl halides is 1. The van der Waals surface area contributed by atoms with E-state index in [1.165, 1.54) is 11.3 Å². The first kappa shape index (κ1) is 8.72. The van der Waals surface area contributed by atoms with Crippen LogP contribution in [0.4, 0.5) is 0 Å². The van der Waals surface area contributed by atoms with Gasteiger partial charge in [0, 0.05) is 15.6 Å². The van der Waals surface area contributed by atoms with Gasteiger partial charge in [0.05, 0.1) is 11.7 Å². The fraction of sp³-hybridized carbons (Fsp3) is 0.286. The molecule has 0 amide bonds. The molecular formula is C7H6BrNOS. The second-order valence-corrected chi connectivity index (χ2v) is 3.61. The minimum absolute atomic E-state index is 0.484. The second kappa shape index (κ2) is 3.86. The lowest BCUT2D eigenvalue weighted by Gasteiger charge is -2.00. The Balaban J connectivity index is 2.82. The molecule has 0 aliphatic rings. The number of hydrogen-bond acceptors (Lipinski definition) is 3. The Hall–Kier alpha value is -0.370. The van der Waals surface area contributed by atoms with Crippen LogP contribution in [0.5, 0.6) is 0 Å². The molecule has 1 N–H and O–H groups in total. The molecule has 1 unspecified atom stereocenters. The number of halogens is 1. The van der Waals surface area contributed by atoms with Gasteiger partial charge in [-0.2, -0.15) is 5.26 Å². The van der Waals surface area contributed by atoms with E-state index < -0.39 is 6.10 Å². The lowest BCUT2D eigenvalue weighted by molar-refractivity contribution is 0.209. The number of aliphatic hydroxyl groups is 1. The Labute approximate surface area is 77.2 Å². The van der Waals surface area contributed by atoms with E-state index in [9.17, 15) is 5.11 Å². The molecule has 0 saturated heterocycles. The third kappa shape index (κ3) is 2.03. The van der Waals surface area contributed by atoms with Gasteiger partial charge in [0.1, 0.15) is 6.07 Å². The molecule has 0 spiro atoms. The summed E-state index contributed by atoms with van der Waals surface area (Å²) in [5, 5.41) is 20.0. The number of thiophene rings is 1. The van der Waals surface area contributed by atoms with Crippen molar-refractivity contribution in [2.45, 2.75) is 6.10 Å². The lowest BCUT2D eigenvalue weighted by Crippen LogP contribution is -1.93. The van der Waals surface area contributed by atoms with Gasteiger partial charge < -0.3 is 5.11 Å². The van der Waals surface area contributed by atoms with Gasteiger partial charge in [-0.1, -0.05) is 15.9 Å². The normalized spacial score (nSPS) is 12.5. The van der Waals surface area contributed by atoms with Crippen molar-refractivity contribution in [2.75, 3.05) is 5.33 Å². The van der Waals surface area contributed by atoms with Crippen molar-refractivity contribution in [3.8, 4) is 6.07 Å². The van der Waals surface area contributed by atoms with Gasteiger partial charge in [0.2, 0.25) is 0 Å². The first-order chi connectivity index (χ1) is 5.27. The Morgan fingerprint density at radius 2 is 2.55 bits per heavy atom. The molecule has 1 aromatic rings. The van der Waals surface area contributed by atoms with Crippen molar-refractivity contribution in [2.24, 2.45) is 0 Å². The van der Waals surface area contributed by atoms with Crippen LogP contribution in [0.25, 0.3) is 0 Å². The van der Waals surface area contributed by atoms with E-state index in [0.717, 1.165) is 4.88 Å². The highest BCUT2D eigenvalue weighted by Gasteiger charge is 2.07. The highest BCUT2D eigenvalue weighted by molar-refractivity contribution is 9.09. The van der Waals surface area contributed by atoms with Crippen LogP contribution in [-0.2, 0) is 0 Å². The zero-order chi connectivity index (χ0) is 8.27. The predicted molar refractivity (Wildman–Crippen MR) is 47.8 cm³/mol. The number of nitriles is 1. The molecule has 0 radical (unpaired) electrons. The molecule has 0 aliphatic heterocycles. The van der Waals surface area contributed by atoms with Gasteiger partial charge >= 0.3 is 0 Å². The van der Waals surface area contributed by atoms with E-state index in [-0.39, 0.29) is 0 Å². The summed E-state index contributed by atoms with van der Waals surface area (Å²) in [6.45, 7) is 0. The van der Waals surface area contributed by atoms with E-state index in [1.54, 1.807) is 11.4 Å². The highest BCUT2D eigenvalue weighted by atomic mass is 79.9. The fourth-order valence-corrected chi connectivity index (χ4v) is 2.04. The smallest absolute Gasteiger partial charge is 0.100 e. The molecule has 58 valence electrons. The van der Waals surface area contributed by atoms with Crippen LogP contribution in [0.3, 0.4) is 0 Å². The van der Waals surface area contributed by atoms with Crippen molar-refractivity contribution in [1.29, 1.82) is 5.26 Å². The maximum absolute atomic E-state index is 9.29. The summed E-state index contributed by atoms with van der Waals surface area (Å²) >= 11 is 4.56. The van der Waals surface area contributed by atoms with Crippen molar-refractivity contribution >= 4 is 27.3 Å². The molecular weight excluding hydrogens is 226 g/mol. The maximum Gasteiger partial charge on any atom is 0.100 e. The summed E-state index contributed by atoms with van der Waals surface area (Å²) < 4.78 is 0. The second-order valence-electron chi connectivity index (χ2n) is 2.02. The average molecular weight is 232 g/mol. The highest BCUT2D eigenvalue weighted by Crippen LogP contribution is 2.22. The molecule has 0 fully saturated rings. The van der Waals surface area contributed by atoms with Crippen LogP contribution in [0.1, 0.15) is 16.5 Å².